The molecular weight excluding hydrogens is 378 g/mol. The number of nitrogens with one attached hydrogen (secondary N) is 1. The van der Waals surface area contributed by atoms with Crippen molar-refractivity contribution in [3.63, 3.8) is 0 Å². The number of fused-ring (bicyclic) bond motifs is 1. The van der Waals surface area contributed by atoms with Crippen LogP contribution in [0.3, 0.4) is 0 Å². The molecule has 0 unspecified atom stereocenters. The Hall–Kier alpha value is -2.81. The molecule has 0 fully saturated rings. The van der Waals surface area contributed by atoms with Crippen molar-refractivity contribution in [2.45, 2.75) is 24.0 Å². The number of carbonyl (C=O) groups is 2. The normalized spacial score (nSPS) is 13.6. The molecule has 9 heteroatoms. The molecule has 1 heterocycles. The highest BCUT2D eigenvalue weighted by molar-refractivity contribution is 7.91. The second-order valence-corrected chi connectivity index (χ2v) is 7.97. The Morgan fingerprint density at radius 2 is 1.78 bits per heavy atom. The van der Waals surface area contributed by atoms with Gasteiger partial charge in [0.15, 0.2) is 0 Å². The van der Waals surface area contributed by atoms with Gasteiger partial charge >= 0.3 is 5.76 Å². The van der Waals surface area contributed by atoms with E-state index in [1.54, 1.807) is 23.1 Å². The molecule has 3 rings (SSSR count). The molecule has 1 aliphatic heterocycles. The van der Waals surface area contributed by atoms with Crippen LogP contribution in [0, 0.1) is 0 Å². The molecule has 1 N–H and O–H groups in total. The monoisotopic (exact) mass is 394 g/mol. The third-order valence-corrected chi connectivity index (χ3v) is 5.69. The third kappa shape index (κ3) is 3.68. The average molecular weight is 394 g/mol. The largest absolute Gasteiger partial charge is 0.341 e. The molecular formula is C18H16F2N2O4S. The van der Waals surface area contributed by atoms with Gasteiger partial charge in [-0.2, -0.15) is 8.78 Å². The lowest BCUT2D eigenvalue weighted by Gasteiger charge is -2.15. The molecule has 27 heavy (non-hydrogen) atoms. The fourth-order valence-electron chi connectivity index (χ4n) is 2.91. The van der Waals surface area contributed by atoms with Crippen molar-refractivity contribution in [3.05, 3.63) is 53.6 Å². The van der Waals surface area contributed by atoms with E-state index in [0.717, 1.165) is 23.4 Å². The van der Waals surface area contributed by atoms with Crippen LogP contribution in [-0.2, 0) is 21.1 Å². The van der Waals surface area contributed by atoms with Gasteiger partial charge in [-0.25, -0.2) is 8.42 Å². The van der Waals surface area contributed by atoms with Crippen LogP contribution in [0.4, 0.5) is 20.2 Å². The van der Waals surface area contributed by atoms with Gasteiger partial charge in [0.2, 0.25) is 15.7 Å². The first-order chi connectivity index (χ1) is 12.7. The first-order valence-electron chi connectivity index (χ1n) is 8.04. The van der Waals surface area contributed by atoms with Crippen LogP contribution in [0.2, 0.25) is 0 Å². The van der Waals surface area contributed by atoms with E-state index in [9.17, 15) is 26.8 Å². The molecule has 0 saturated heterocycles. The number of alkyl halides is 2. The Bertz CT molecular complexity index is 1000. The summed E-state index contributed by atoms with van der Waals surface area (Å²) in [5.41, 5.74) is 2.39. The van der Waals surface area contributed by atoms with Gasteiger partial charge in [-0.1, -0.05) is 0 Å². The minimum absolute atomic E-state index is 0.0515. The van der Waals surface area contributed by atoms with Crippen molar-refractivity contribution in [2.75, 3.05) is 16.8 Å². The number of hydrogen-bond acceptors (Lipinski definition) is 4. The zero-order chi connectivity index (χ0) is 19.8. The second-order valence-electron chi connectivity index (χ2n) is 6.05. The number of sulfone groups is 1. The van der Waals surface area contributed by atoms with Crippen LogP contribution in [-0.4, -0.2) is 32.5 Å². The van der Waals surface area contributed by atoms with Crippen molar-refractivity contribution >= 4 is 33.0 Å². The number of benzene rings is 2. The van der Waals surface area contributed by atoms with Crippen LogP contribution < -0.4 is 10.2 Å². The highest BCUT2D eigenvalue weighted by Gasteiger charge is 2.26. The van der Waals surface area contributed by atoms with Crippen molar-refractivity contribution in [1.29, 1.82) is 0 Å². The Morgan fingerprint density at radius 1 is 1.11 bits per heavy atom. The molecule has 0 aromatic heterocycles. The zero-order valence-corrected chi connectivity index (χ0v) is 15.1. The van der Waals surface area contributed by atoms with E-state index in [1.165, 1.54) is 19.1 Å². The predicted molar refractivity (Wildman–Crippen MR) is 95.8 cm³/mol. The molecule has 1 aliphatic rings. The van der Waals surface area contributed by atoms with E-state index in [1.807, 2.05) is 0 Å². The number of halogens is 2. The van der Waals surface area contributed by atoms with Crippen LogP contribution in [0.5, 0.6) is 0 Å². The van der Waals surface area contributed by atoms with E-state index in [0.29, 0.717) is 18.7 Å². The lowest BCUT2D eigenvalue weighted by atomic mass is 10.1. The van der Waals surface area contributed by atoms with Crippen LogP contribution in [0.25, 0.3) is 0 Å². The van der Waals surface area contributed by atoms with E-state index in [2.05, 4.69) is 5.32 Å². The number of rotatable bonds is 4. The number of amides is 2. The molecule has 6 nitrogen and oxygen atoms in total. The molecule has 142 valence electrons. The molecule has 0 saturated carbocycles. The maximum absolute atomic E-state index is 12.5. The summed E-state index contributed by atoms with van der Waals surface area (Å²) in [4.78, 5) is 25.0. The third-order valence-electron chi connectivity index (χ3n) is 4.29. The van der Waals surface area contributed by atoms with Gasteiger partial charge in [0.05, 0.1) is 4.90 Å². The Labute approximate surface area is 154 Å². The van der Waals surface area contributed by atoms with Crippen LogP contribution >= 0.6 is 0 Å². The SMILES string of the molecule is CC(=O)N1CCc2cc(NC(=O)c3ccc(S(=O)(=O)C(F)F)cc3)ccc21. The van der Waals surface area contributed by atoms with E-state index >= 15 is 0 Å². The molecule has 2 aromatic carbocycles. The summed E-state index contributed by atoms with van der Waals surface area (Å²) < 4.78 is 47.9. The van der Waals surface area contributed by atoms with Gasteiger partial charge in [0, 0.05) is 30.4 Å². The molecule has 0 aliphatic carbocycles. The van der Waals surface area contributed by atoms with Gasteiger partial charge in [-0.05, 0) is 54.4 Å². The van der Waals surface area contributed by atoms with Gasteiger partial charge in [-0.3, -0.25) is 9.59 Å². The van der Waals surface area contributed by atoms with E-state index in [4.69, 9.17) is 0 Å². The van der Waals surface area contributed by atoms with Crippen molar-refractivity contribution in [3.8, 4) is 0 Å². The first-order valence-corrected chi connectivity index (χ1v) is 9.59. The number of nitrogens with zero attached hydrogens (tertiary/aromatic N) is 1. The fraction of sp³-hybridized carbons (Fsp3) is 0.222. The maximum Gasteiger partial charge on any atom is 0.341 e. The van der Waals surface area contributed by atoms with Gasteiger partial charge in [-0.15, -0.1) is 0 Å². The molecule has 2 aromatic rings. The van der Waals surface area contributed by atoms with Crippen molar-refractivity contribution in [1.82, 2.24) is 0 Å². The highest BCUT2D eigenvalue weighted by atomic mass is 32.2. The molecule has 0 atom stereocenters. The lowest BCUT2D eigenvalue weighted by molar-refractivity contribution is -0.116. The Kier molecular flexibility index (Phi) is 4.97. The second kappa shape index (κ2) is 7.07. The minimum atomic E-state index is -4.69. The standard InChI is InChI=1S/C18H16F2N2O4S/c1-11(23)22-9-8-13-10-14(4-7-16(13)22)21-17(24)12-2-5-15(6-3-12)27(25,26)18(19)20/h2-7,10,18H,8-9H2,1H3,(H,21,24). The van der Waals surface area contributed by atoms with Crippen molar-refractivity contribution in [2.24, 2.45) is 0 Å². The Morgan fingerprint density at radius 3 is 2.37 bits per heavy atom. The van der Waals surface area contributed by atoms with Crippen LogP contribution in [0.15, 0.2) is 47.4 Å². The summed E-state index contributed by atoms with van der Waals surface area (Å²) in [5, 5.41) is 2.67. The number of carbonyl (C=O) groups excluding carboxylic acids is 2. The minimum Gasteiger partial charge on any atom is -0.322 e. The Balaban J connectivity index is 1.76. The summed E-state index contributed by atoms with van der Waals surface area (Å²) >= 11 is 0. The average Bonchev–Trinajstić information content (AvgIpc) is 3.05. The summed E-state index contributed by atoms with van der Waals surface area (Å²) in [6, 6.07) is 9.48. The van der Waals surface area contributed by atoms with Gasteiger partial charge in [0.1, 0.15) is 0 Å². The predicted octanol–water partition coefficient (Wildman–Crippen LogP) is 2.84. The van der Waals surface area contributed by atoms with E-state index in [-0.39, 0.29) is 11.5 Å². The summed E-state index contributed by atoms with van der Waals surface area (Å²) in [6.07, 6.45) is 0.679. The molecule has 2 amide bonds. The van der Waals surface area contributed by atoms with E-state index < -0.39 is 26.4 Å². The van der Waals surface area contributed by atoms with Gasteiger partial charge in [0.25, 0.3) is 5.91 Å². The molecule has 0 radical (unpaired) electrons. The van der Waals surface area contributed by atoms with Crippen molar-refractivity contribution < 1.29 is 26.8 Å². The first kappa shape index (κ1) is 19.0. The highest BCUT2D eigenvalue weighted by Crippen LogP contribution is 2.30. The fourth-order valence-corrected chi connectivity index (χ4v) is 3.63. The topological polar surface area (TPSA) is 83.6 Å². The summed E-state index contributed by atoms with van der Waals surface area (Å²) in [6.45, 7) is 2.07. The van der Waals surface area contributed by atoms with Crippen LogP contribution in [0.1, 0.15) is 22.8 Å². The maximum atomic E-state index is 12.5. The lowest BCUT2D eigenvalue weighted by Crippen LogP contribution is -2.25. The number of anilines is 2. The smallest absolute Gasteiger partial charge is 0.322 e. The number of hydrogen-bond donors (Lipinski definition) is 1. The summed E-state index contributed by atoms with van der Waals surface area (Å²) in [7, 11) is -4.69. The zero-order valence-electron chi connectivity index (χ0n) is 14.3. The summed E-state index contributed by atoms with van der Waals surface area (Å²) in [5.74, 6) is -4.07. The molecule has 0 bridgehead atoms. The quantitative estimate of drug-likeness (QED) is 0.864. The molecule has 0 spiro atoms. The van der Waals surface area contributed by atoms with Gasteiger partial charge < -0.3 is 10.2 Å².